The molecule has 0 saturated heterocycles. The number of benzene rings is 3. The van der Waals surface area contributed by atoms with E-state index in [-0.39, 0.29) is 0 Å². The molecule has 0 radical (unpaired) electrons. The predicted molar refractivity (Wildman–Crippen MR) is 105 cm³/mol. The lowest BCUT2D eigenvalue weighted by Crippen LogP contribution is -1.97. The van der Waals surface area contributed by atoms with Crippen molar-refractivity contribution in [1.29, 1.82) is 0 Å². The van der Waals surface area contributed by atoms with Gasteiger partial charge in [-0.2, -0.15) is 0 Å². The van der Waals surface area contributed by atoms with E-state index in [1.165, 1.54) is 33.4 Å². The molecule has 0 aliphatic rings. The van der Waals surface area contributed by atoms with Crippen LogP contribution >= 0.6 is 0 Å². The zero-order chi connectivity index (χ0) is 16.8. The number of allylic oxidation sites excluding steroid dienone is 2. The Labute approximate surface area is 145 Å². The molecule has 0 atom stereocenters. The summed E-state index contributed by atoms with van der Waals surface area (Å²) in [7, 11) is 0. The maximum atomic E-state index is 2.25. The second-order valence-electron chi connectivity index (χ2n) is 6.21. The quantitative estimate of drug-likeness (QED) is 0.468. The summed E-state index contributed by atoms with van der Waals surface area (Å²) >= 11 is 0. The van der Waals surface area contributed by atoms with Gasteiger partial charge in [0.25, 0.3) is 0 Å². The van der Waals surface area contributed by atoms with Gasteiger partial charge < -0.3 is 0 Å². The molecule has 3 aromatic rings. The molecule has 0 aliphatic heterocycles. The van der Waals surface area contributed by atoms with Crippen LogP contribution in [0.3, 0.4) is 0 Å². The highest BCUT2D eigenvalue weighted by molar-refractivity contribution is 5.91. The van der Waals surface area contributed by atoms with E-state index in [0.29, 0.717) is 0 Å². The first-order valence-electron chi connectivity index (χ1n) is 8.66. The van der Waals surface area contributed by atoms with Crippen LogP contribution in [0.15, 0.2) is 84.9 Å². The Bertz CT molecular complexity index is 794. The summed E-state index contributed by atoms with van der Waals surface area (Å²) in [5, 5.41) is 0. The Morgan fingerprint density at radius 1 is 0.625 bits per heavy atom. The summed E-state index contributed by atoms with van der Waals surface area (Å²) < 4.78 is 0. The van der Waals surface area contributed by atoms with Gasteiger partial charge in [0.05, 0.1) is 0 Å². The van der Waals surface area contributed by atoms with Crippen LogP contribution in [-0.2, 0) is 6.42 Å². The van der Waals surface area contributed by atoms with E-state index in [4.69, 9.17) is 0 Å². The summed E-state index contributed by atoms with van der Waals surface area (Å²) in [5.74, 6) is 0. The van der Waals surface area contributed by atoms with Crippen molar-refractivity contribution in [2.45, 2.75) is 26.7 Å². The van der Waals surface area contributed by atoms with Crippen LogP contribution in [0.4, 0.5) is 0 Å². The van der Waals surface area contributed by atoms with Crippen molar-refractivity contribution in [2.24, 2.45) is 0 Å². The van der Waals surface area contributed by atoms with Crippen LogP contribution in [0.5, 0.6) is 0 Å². The second kappa shape index (κ2) is 7.79. The minimum Gasteiger partial charge on any atom is -0.0622 e. The van der Waals surface area contributed by atoms with Crippen molar-refractivity contribution >= 4 is 11.1 Å². The second-order valence-corrected chi connectivity index (χ2v) is 6.21. The highest BCUT2D eigenvalue weighted by Gasteiger charge is 2.11. The van der Waals surface area contributed by atoms with Crippen LogP contribution in [0.25, 0.3) is 11.1 Å². The number of hydrogen-bond acceptors (Lipinski definition) is 0. The molecule has 0 amide bonds. The fourth-order valence-corrected chi connectivity index (χ4v) is 3.17. The lowest BCUT2D eigenvalue weighted by Gasteiger charge is -2.16. The van der Waals surface area contributed by atoms with Gasteiger partial charge in [-0.05, 0) is 47.6 Å². The Balaban J connectivity index is 2.12. The first-order valence-corrected chi connectivity index (χ1v) is 8.66. The summed E-state index contributed by atoms with van der Waals surface area (Å²) in [4.78, 5) is 0. The molecule has 0 heteroatoms. The molecule has 0 saturated carbocycles. The van der Waals surface area contributed by atoms with E-state index in [1.807, 2.05) is 0 Å². The van der Waals surface area contributed by atoms with E-state index in [2.05, 4.69) is 98.8 Å². The van der Waals surface area contributed by atoms with Crippen LogP contribution in [0.1, 0.15) is 35.6 Å². The molecule has 0 bridgehead atoms. The molecule has 24 heavy (non-hydrogen) atoms. The standard InChI is InChI=1S/C24H24/c1-3-23(22-16-14-19(2)15-17-22)24(21-12-8-5-9-13-21)18-20-10-6-4-7-11-20/h4-17H,3,18H2,1-2H3/b24-23-. The molecule has 0 aliphatic carbocycles. The topological polar surface area (TPSA) is 0 Å². The van der Waals surface area contributed by atoms with Crippen molar-refractivity contribution < 1.29 is 0 Å². The molecule has 3 aromatic carbocycles. The minimum absolute atomic E-state index is 0.960. The van der Waals surface area contributed by atoms with Crippen molar-refractivity contribution in [3.63, 3.8) is 0 Å². The normalized spacial score (nSPS) is 11.9. The number of aryl methyl sites for hydroxylation is 1. The number of hydrogen-bond donors (Lipinski definition) is 0. The van der Waals surface area contributed by atoms with Gasteiger partial charge in [-0.3, -0.25) is 0 Å². The third kappa shape index (κ3) is 3.83. The SMILES string of the molecule is CC/C(=C(\Cc1ccccc1)c1ccccc1)c1ccc(C)cc1. The van der Waals surface area contributed by atoms with Gasteiger partial charge in [0.2, 0.25) is 0 Å². The third-order valence-corrected chi connectivity index (χ3v) is 4.46. The summed E-state index contributed by atoms with van der Waals surface area (Å²) in [6.45, 7) is 4.39. The predicted octanol–water partition coefficient (Wildman–Crippen LogP) is 6.56. The minimum atomic E-state index is 0.960. The first kappa shape index (κ1) is 16.3. The fraction of sp³-hybridized carbons (Fsp3) is 0.167. The van der Waals surface area contributed by atoms with Crippen molar-refractivity contribution in [3.8, 4) is 0 Å². The van der Waals surface area contributed by atoms with Gasteiger partial charge in [0.1, 0.15) is 0 Å². The van der Waals surface area contributed by atoms with Crippen LogP contribution in [-0.4, -0.2) is 0 Å². The molecule has 0 aromatic heterocycles. The summed E-state index contributed by atoms with van der Waals surface area (Å²) in [5.41, 5.74) is 8.17. The first-order chi connectivity index (χ1) is 11.8. The maximum Gasteiger partial charge on any atom is -0.00169 e. The van der Waals surface area contributed by atoms with Crippen LogP contribution in [0.2, 0.25) is 0 Å². The lowest BCUT2D eigenvalue weighted by atomic mass is 9.88. The largest absolute Gasteiger partial charge is 0.0622 e. The van der Waals surface area contributed by atoms with E-state index in [1.54, 1.807) is 0 Å². The number of rotatable bonds is 5. The van der Waals surface area contributed by atoms with Crippen molar-refractivity contribution in [2.75, 3.05) is 0 Å². The van der Waals surface area contributed by atoms with E-state index >= 15 is 0 Å². The monoisotopic (exact) mass is 312 g/mol. The fourth-order valence-electron chi connectivity index (χ4n) is 3.17. The Kier molecular flexibility index (Phi) is 5.28. The lowest BCUT2D eigenvalue weighted by molar-refractivity contribution is 1.20. The summed E-state index contributed by atoms with van der Waals surface area (Å²) in [6, 6.07) is 30.4. The van der Waals surface area contributed by atoms with Crippen molar-refractivity contribution in [3.05, 3.63) is 107 Å². The molecular weight excluding hydrogens is 288 g/mol. The average Bonchev–Trinajstić information content (AvgIpc) is 2.64. The maximum absolute atomic E-state index is 2.25. The molecule has 0 unspecified atom stereocenters. The Hall–Kier alpha value is -2.60. The molecule has 0 spiro atoms. The van der Waals surface area contributed by atoms with Gasteiger partial charge >= 0.3 is 0 Å². The molecule has 3 rings (SSSR count). The van der Waals surface area contributed by atoms with Crippen LogP contribution in [0, 0.1) is 6.92 Å². The van der Waals surface area contributed by atoms with Gasteiger partial charge in [0, 0.05) is 0 Å². The van der Waals surface area contributed by atoms with Gasteiger partial charge in [-0.25, -0.2) is 0 Å². The molecule has 120 valence electrons. The summed E-state index contributed by atoms with van der Waals surface area (Å²) in [6.07, 6.45) is 1.99. The molecule has 0 fully saturated rings. The molecular formula is C24H24. The van der Waals surface area contributed by atoms with Crippen LogP contribution < -0.4 is 0 Å². The average molecular weight is 312 g/mol. The van der Waals surface area contributed by atoms with E-state index < -0.39 is 0 Å². The molecule has 0 nitrogen and oxygen atoms in total. The van der Waals surface area contributed by atoms with Gasteiger partial charge in [-0.1, -0.05) is 97.4 Å². The van der Waals surface area contributed by atoms with Gasteiger partial charge in [-0.15, -0.1) is 0 Å². The Morgan fingerprint density at radius 3 is 1.75 bits per heavy atom. The zero-order valence-corrected chi connectivity index (χ0v) is 14.5. The smallest absolute Gasteiger partial charge is 0.00169 e. The molecule has 0 N–H and O–H groups in total. The Morgan fingerprint density at radius 2 is 1.17 bits per heavy atom. The van der Waals surface area contributed by atoms with E-state index in [9.17, 15) is 0 Å². The zero-order valence-electron chi connectivity index (χ0n) is 14.5. The highest BCUT2D eigenvalue weighted by atomic mass is 14.2. The van der Waals surface area contributed by atoms with Crippen molar-refractivity contribution in [1.82, 2.24) is 0 Å². The molecule has 0 heterocycles. The van der Waals surface area contributed by atoms with E-state index in [0.717, 1.165) is 12.8 Å². The van der Waals surface area contributed by atoms with Gasteiger partial charge in [0.15, 0.2) is 0 Å². The third-order valence-electron chi connectivity index (χ3n) is 4.46. The highest BCUT2D eigenvalue weighted by Crippen LogP contribution is 2.31.